The second kappa shape index (κ2) is 9.71. The number of rotatable bonds is 6. The molecular weight excluding hydrogens is 472 g/mol. The summed E-state index contributed by atoms with van der Waals surface area (Å²) >= 11 is 4.96. The molecular formula is C25H23BrN2O2S. The van der Waals surface area contributed by atoms with Gasteiger partial charge in [-0.25, -0.2) is 0 Å². The Morgan fingerprint density at radius 1 is 1.10 bits per heavy atom. The van der Waals surface area contributed by atoms with Gasteiger partial charge in [0.05, 0.1) is 4.91 Å². The molecule has 1 saturated heterocycles. The molecule has 1 fully saturated rings. The number of amides is 1. The fourth-order valence-corrected chi connectivity index (χ4v) is 4.99. The Bertz CT molecular complexity index is 1180. The molecule has 4 rings (SSSR count). The van der Waals surface area contributed by atoms with Gasteiger partial charge in [-0.2, -0.15) is 0 Å². The van der Waals surface area contributed by atoms with E-state index >= 15 is 0 Å². The molecule has 3 aromatic rings. The molecule has 0 N–H and O–H groups in total. The van der Waals surface area contributed by atoms with Crippen LogP contribution < -0.4 is 4.74 Å². The lowest BCUT2D eigenvalue weighted by Crippen LogP contribution is -2.28. The van der Waals surface area contributed by atoms with Crippen LogP contribution in [0.25, 0.3) is 16.8 Å². The molecule has 1 aliphatic heterocycles. The van der Waals surface area contributed by atoms with Crippen molar-refractivity contribution in [2.75, 3.05) is 13.1 Å². The number of benzene rings is 3. The molecule has 1 aliphatic rings. The number of hydrogen-bond acceptors (Lipinski definition) is 4. The van der Waals surface area contributed by atoms with Gasteiger partial charge in [-0.15, -0.1) is 0 Å². The van der Waals surface area contributed by atoms with Gasteiger partial charge in [-0.05, 0) is 66.2 Å². The van der Waals surface area contributed by atoms with Gasteiger partial charge in [-0.3, -0.25) is 14.7 Å². The van der Waals surface area contributed by atoms with E-state index in [1.807, 2.05) is 56.3 Å². The lowest BCUT2D eigenvalue weighted by atomic mass is 10.1. The third-order valence-corrected chi connectivity index (χ3v) is 6.56. The number of carbonyl (C=O) groups excluding carboxylic acids is 1. The minimum Gasteiger partial charge on any atom is -0.488 e. The summed E-state index contributed by atoms with van der Waals surface area (Å²) in [5, 5.41) is 3.13. The molecule has 0 bridgehead atoms. The number of carbonyl (C=O) groups is 1. The molecule has 1 heterocycles. The highest BCUT2D eigenvalue weighted by molar-refractivity contribution is 9.10. The number of nitrogens with zero attached hydrogens (tertiary/aromatic N) is 2. The average Bonchev–Trinajstić information content (AvgIpc) is 3.07. The van der Waals surface area contributed by atoms with Gasteiger partial charge in [0.25, 0.3) is 5.91 Å². The molecule has 0 spiro atoms. The first-order valence-electron chi connectivity index (χ1n) is 10.3. The highest BCUT2D eigenvalue weighted by atomic mass is 79.9. The minimum atomic E-state index is -0.0142. The summed E-state index contributed by atoms with van der Waals surface area (Å²) in [5.41, 5.74) is 1.99. The van der Waals surface area contributed by atoms with Gasteiger partial charge in [-0.1, -0.05) is 58.4 Å². The summed E-state index contributed by atoms with van der Waals surface area (Å²) in [7, 11) is 0. The fourth-order valence-electron chi connectivity index (χ4n) is 3.52. The summed E-state index contributed by atoms with van der Waals surface area (Å²) in [6, 6.07) is 20.4. The molecule has 6 heteroatoms. The van der Waals surface area contributed by atoms with Crippen molar-refractivity contribution in [2.24, 2.45) is 4.99 Å². The van der Waals surface area contributed by atoms with Crippen LogP contribution >= 0.6 is 27.7 Å². The quantitative estimate of drug-likeness (QED) is 0.367. The fraction of sp³-hybridized carbons (Fsp3) is 0.200. The van der Waals surface area contributed by atoms with E-state index in [2.05, 4.69) is 45.2 Å². The molecule has 0 aliphatic carbocycles. The summed E-state index contributed by atoms with van der Waals surface area (Å²) in [4.78, 5) is 19.7. The Morgan fingerprint density at radius 2 is 1.90 bits per heavy atom. The van der Waals surface area contributed by atoms with E-state index in [-0.39, 0.29) is 5.91 Å². The molecule has 0 saturated carbocycles. The van der Waals surface area contributed by atoms with Gasteiger partial charge < -0.3 is 4.74 Å². The van der Waals surface area contributed by atoms with Crippen LogP contribution in [0.1, 0.15) is 25.0 Å². The number of aliphatic imine (C=N–C) groups is 1. The first-order chi connectivity index (χ1) is 15.1. The van der Waals surface area contributed by atoms with Crippen molar-refractivity contribution in [3.8, 4) is 5.75 Å². The normalized spacial score (nSPS) is 16.6. The third kappa shape index (κ3) is 4.70. The lowest BCUT2D eigenvalue weighted by Gasteiger charge is -2.12. The number of likely N-dealkylation sites (N-methyl/N-ethyl adjacent to an activating group) is 1. The van der Waals surface area contributed by atoms with Crippen LogP contribution in [0.2, 0.25) is 0 Å². The third-order valence-electron chi connectivity index (χ3n) is 5.02. The van der Waals surface area contributed by atoms with E-state index in [4.69, 9.17) is 4.74 Å². The molecule has 0 radical (unpaired) electrons. The monoisotopic (exact) mass is 494 g/mol. The Balaban J connectivity index is 1.63. The Morgan fingerprint density at radius 3 is 2.71 bits per heavy atom. The first kappa shape index (κ1) is 21.7. The van der Waals surface area contributed by atoms with Crippen LogP contribution in [0.4, 0.5) is 0 Å². The van der Waals surface area contributed by atoms with Crippen molar-refractivity contribution in [3.63, 3.8) is 0 Å². The van der Waals surface area contributed by atoms with Crippen LogP contribution in [0.15, 0.2) is 75.0 Å². The van der Waals surface area contributed by atoms with Crippen LogP contribution in [-0.2, 0) is 11.4 Å². The van der Waals surface area contributed by atoms with E-state index in [0.717, 1.165) is 26.5 Å². The highest BCUT2D eigenvalue weighted by Gasteiger charge is 2.32. The lowest BCUT2D eigenvalue weighted by molar-refractivity contribution is -0.122. The Kier molecular flexibility index (Phi) is 6.78. The van der Waals surface area contributed by atoms with E-state index in [1.165, 1.54) is 22.5 Å². The molecule has 0 aromatic heterocycles. The number of fused-ring (bicyclic) bond motifs is 1. The molecule has 1 amide bonds. The van der Waals surface area contributed by atoms with Gasteiger partial charge in [0, 0.05) is 23.1 Å². The predicted molar refractivity (Wildman–Crippen MR) is 133 cm³/mol. The second-order valence-electron chi connectivity index (χ2n) is 7.03. The van der Waals surface area contributed by atoms with Crippen LogP contribution in [0, 0.1) is 0 Å². The van der Waals surface area contributed by atoms with Crippen LogP contribution in [0.3, 0.4) is 0 Å². The zero-order valence-electron chi connectivity index (χ0n) is 17.5. The number of hydrogen-bond donors (Lipinski definition) is 0. The van der Waals surface area contributed by atoms with E-state index in [0.29, 0.717) is 24.6 Å². The molecule has 3 aromatic carbocycles. The number of amidine groups is 1. The zero-order valence-corrected chi connectivity index (χ0v) is 19.9. The van der Waals surface area contributed by atoms with E-state index < -0.39 is 0 Å². The second-order valence-corrected chi connectivity index (χ2v) is 8.95. The Labute approximate surface area is 195 Å². The average molecular weight is 495 g/mol. The van der Waals surface area contributed by atoms with Crippen LogP contribution in [0.5, 0.6) is 5.75 Å². The number of thioether (sulfide) groups is 1. The maximum absolute atomic E-state index is 12.9. The van der Waals surface area contributed by atoms with Gasteiger partial charge >= 0.3 is 0 Å². The SMILES string of the molecule is CCN=C1S/C(=C\c2cc(Br)ccc2OCc2cccc3ccccc23)C(=O)N1CC. The molecule has 4 nitrogen and oxygen atoms in total. The first-order valence-corrected chi connectivity index (χ1v) is 11.9. The summed E-state index contributed by atoms with van der Waals surface area (Å²) in [5.74, 6) is 0.723. The van der Waals surface area contributed by atoms with Crippen LogP contribution in [-0.4, -0.2) is 29.1 Å². The summed E-state index contributed by atoms with van der Waals surface area (Å²) in [6.07, 6.45) is 1.90. The maximum atomic E-state index is 12.9. The molecule has 0 atom stereocenters. The van der Waals surface area contributed by atoms with Gasteiger partial charge in [0.1, 0.15) is 12.4 Å². The number of halogens is 1. The molecule has 31 heavy (non-hydrogen) atoms. The summed E-state index contributed by atoms with van der Waals surface area (Å²) < 4.78 is 7.16. The topological polar surface area (TPSA) is 41.9 Å². The van der Waals surface area contributed by atoms with Gasteiger partial charge in [0.15, 0.2) is 5.17 Å². The van der Waals surface area contributed by atoms with E-state index in [1.54, 1.807) is 4.90 Å². The minimum absolute atomic E-state index is 0.0142. The van der Waals surface area contributed by atoms with Crippen molar-refractivity contribution >= 4 is 55.6 Å². The highest BCUT2D eigenvalue weighted by Crippen LogP contribution is 2.35. The Hall–Kier alpha value is -2.57. The van der Waals surface area contributed by atoms with Crippen molar-refractivity contribution < 1.29 is 9.53 Å². The number of ether oxygens (including phenoxy) is 1. The van der Waals surface area contributed by atoms with Crippen molar-refractivity contribution in [1.29, 1.82) is 0 Å². The van der Waals surface area contributed by atoms with E-state index in [9.17, 15) is 4.79 Å². The van der Waals surface area contributed by atoms with Gasteiger partial charge in [0.2, 0.25) is 0 Å². The van der Waals surface area contributed by atoms with Crippen molar-refractivity contribution in [1.82, 2.24) is 4.90 Å². The molecule has 158 valence electrons. The predicted octanol–water partition coefficient (Wildman–Crippen LogP) is 6.49. The standard InChI is InChI=1S/C25H23BrN2O2S/c1-3-27-25-28(4-2)24(29)23(31-25)15-19-14-20(26)12-13-22(19)30-16-18-10-7-9-17-8-5-6-11-21(17)18/h5-15H,3-4,16H2,1-2H3/b23-15-,27-25?. The molecule has 0 unspecified atom stereocenters. The van der Waals surface area contributed by atoms with Crippen molar-refractivity contribution in [2.45, 2.75) is 20.5 Å². The largest absolute Gasteiger partial charge is 0.488 e. The zero-order chi connectivity index (χ0) is 21.8. The summed E-state index contributed by atoms with van der Waals surface area (Å²) in [6.45, 7) is 5.63. The maximum Gasteiger partial charge on any atom is 0.266 e. The van der Waals surface area contributed by atoms with Crippen molar-refractivity contribution in [3.05, 3.63) is 81.2 Å². The smallest absolute Gasteiger partial charge is 0.266 e.